The van der Waals surface area contributed by atoms with Crippen molar-refractivity contribution in [3.8, 4) is 0 Å². The van der Waals surface area contributed by atoms with Crippen LogP contribution in [0.2, 0.25) is 0 Å². The maximum atomic E-state index is 12.3. The topological polar surface area (TPSA) is 32.7 Å². The molecule has 1 atom stereocenters. The molecule has 0 N–H and O–H groups in total. The highest BCUT2D eigenvalue weighted by Gasteiger charge is 2.40. The number of carbonyl (C=O) groups excluding carboxylic acids is 1. The Balaban J connectivity index is 1.82. The zero-order chi connectivity index (χ0) is 13.5. The molecule has 1 fully saturated rings. The lowest BCUT2D eigenvalue weighted by Crippen LogP contribution is -2.32. The smallest absolute Gasteiger partial charge is 0.234 e. The quantitative estimate of drug-likeness (QED) is 0.799. The third kappa shape index (κ3) is 1.76. The molecule has 2 aliphatic heterocycles. The molecule has 0 aliphatic carbocycles. The van der Waals surface area contributed by atoms with Crippen LogP contribution in [0.3, 0.4) is 0 Å². The number of anilines is 1. The number of aliphatic imine (C=N–C) groups is 1. The van der Waals surface area contributed by atoms with E-state index in [0.29, 0.717) is 6.42 Å². The molecule has 0 saturated carbocycles. The van der Waals surface area contributed by atoms with Crippen molar-refractivity contribution in [1.29, 1.82) is 0 Å². The van der Waals surface area contributed by atoms with Gasteiger partial charge in [-0.2, -0.15) is 0 Å². The van der Waals surface area contributed by atoms with Crippen molar-refractivity contribution >= 4 is 34.9 Å². The first-order chi connectivity index (χ1) is 9.83. The summed E-state index contributed by atoms with van der Waals surface area (Å²) >= 11 is 1.74. The molecule has 98 valence electrons. The van der Waals surface area contributed by atoms with E-state index >= 15 is 0 Å². The molecule has 2 aliphatic rings. The normalized spacial score (nSPS) is 20.4. The van der Waals surface area contributed by atoms with Gasteiger partial charge in [0.1, 0.15) is 5.84 Å². The largest absolute Gasteiger partial charge is 0.274 e. The second kappa shape index (κ2) is 4.49. The molecule has 0 aromatic heterocycles. The van der Waals surface area contributed by atoms with Crippen molar-refractivity contribution in [1.82, 2.24) is 0 Å². The Morgan fingerprint density at radius 3 is 2.65 bits per heavy atom. The number of fused-ring (bicyclic) bond motifs is 2. The number of amidine groups is 1. The molecule has 4 heteroatoms. The number of rotatable bonds is 1. The number of nitrogens with zero attached hydrogens (tertiary/aromatic N) is 2. The third-order valence-corrected chi connectivity index (χ3v) is 4.77. The lowest BCUT2D eigenvalue weighted by atomic mass is 10.3. The summed E-state index contributed by atoms with van der Waals surface area (Å²) < 4.78 is 0. The molecule has 1 amide bonds. The molecule has 1 saturated heterocycles. The van der Waals surface area contributed by atoms with Crippen LogP contribution in [-0.2, 0) is 4.79 Å². The zero-order valence-electron chi connectivity index (χ0n) is 10.7. The summed E-state index contributed by atoms with van der Waals surface area (Å²) in [7, 11) is 0. The maximum Gasteiger partial charge on any atom is 0.234 e. The fourth-order valence-electron chi connectivity index (χ4n) is 2.61. The highest BCUT2D eigenvalue weighted by Crippen LogP contribution is 2.43. The molecular formula is C16H12N2OS. The number of hydrogen-bond acceptors (Lipinski definition) is 3. The van der Waals surface area contributed by atoms with Gasteiger partial charge in [0.2, 0.25) is 5.91 Å². The van der Waals surface area contributed by atoms with Crippen molar-refractivity contribution in [3.63, 3.8) is 0 Å². The fraction of sp³-hybridized carbons (Fsp3) is 0.125. The molecule has 20 heavy (non-hydrogen) atoms. The van der Waals surface area contributed by atoms with Gasteiger partial charge in [0.05, 0.1) is 16.6 Å². The number of carbonyl (C=O) groups is 1. The summed E-state index contributed by atoms with van der Waals surface area (Å²) in [6.45, 7) is 0. The highest BCUT2D eigenvalue weighted by molar-refractivity contribution is 8.01. The second-order valence-electron chi connectivity index (χ2n) is 4.81. The lowest BCUT2D eigenvalue weighted by molar-refractivity contribution is -0.116. The van der Waals surface area contributed by atoms with E-state index in [2.05, 4.69) is 6.07 Å². The van der Waals surface area contributed by atoms with E-state index in [1.807, 2.05) is 48.5 Å². The van der Waals surface area contributed by atoms with E-state index in [4.69, 9.17) is 4.99 Å². The van der Waals surface area contributed by atoms with Gasteiger partial charge in [-0.15, -0.1) is 11.8 Å². The van der Waals surface area contributed by atoms with Crippen LogP contribution >= 0.6 is 11.8 Å². The highest BCUT2D eigenvalue weighted by atomic mass is 32.2. The van der Waals surface area contributed by atoms with Crippen LogP contribution in [0.25, 0.3) is 0 Å². The molecule has 2 heterocycles. The van der Waals surface area contributed by atoms with E-state index in [1.54, 1.807) is 16.7 Å². The average molecular weight is 280 g/mol. The van der Waals surface area contributed by atoms with Crippen molar-refractivity contribution < 1.29 is 4.79 Å². The van der Waals surface area contributed by atoms with Crippen molar-refractivity contribution in [2.45, 2.75) is 16.6 Å². The van der Waals surface area contributed by atoms with Gasteiger partial charge >= 0.3 is 0 Å². The van der Waals surface area contributed by atoms with Gasteiger partial charge in [-0.3, -0.25) is 9.69 Å². The standard InChI is InChI=1S/C16H12N2OS/c19-15-10-14-16(18(15)11-6-2-1-3-7-11)17-12-8-4-5-9-13(12)20-14/h1-9,14H,10H2/t14-/m0/s1. The minimum Gasteiger partial charge on any atom is -0.274 e. The van der Waals surface area contributed by atoms with Gasteiger partial charge in [0.25, 0.3) is 0 Å². The van der Waals surface area contributed by atoms with Gasteiger partial charge in [-0.05, 0) is 24.3 Å². The first-order valence-corrected chi connectivity index (χ1v) is 7.43. The molecule has 4 rings (SSSR count). The minimum atomic E-state index is 0.125. The molecule has 0 radical (unpaired) electrons. The molecule has 2 aromatic rings. The number of amides is 1. The monoisotopic (exact) mass is 280 g/mol. The van der Waals surface area contributed by atoms with Gasteiger partial charge < -0.3 is 0 Å². The SMILES string of the molecule is O=C1C[C@@H]2Sc3ccccc3N=C2N1c1ccccc1. The van der Waals surface area contributed by atoms with Crippen LogP contribution < -0.4 is 4.90 Å². The molecular weight excluding hydrogens is 268 g/mol. The average Bonchev–Trinajstić information content (AvgIpc) is 2.80. The van der Waals surface area contributed by atoms with E-state index < -0.39 is 0 Å². The number of hydrogen-bond donors (Lipinski definition) is 0. The Morgan fingerprint density at radius 2 is 1.80 bits per heavy atom. The lowest BCUT2D eigenvalue weighted by Gasteiger charge is -2.23. The fourth-order valence-corrected chi connectivity index (χ4v) is 3.80. The predicted molar refractivity (Wildman–Crippen MR) is 81.7 cm³/mol. The predicted octanol–water partition coefficient (Wildman–Crippen LogP) is 3.63. The van der Waals surface area contributed by atoms with Crippen LogP contribution in [0.15, 0.2) is 64.5 Å². The van der Waals surface area contributed by atoms with Crippen LogP contribution in [-0.4, -0.2) is 17.0 Å². The van der Waals surface area contributed by atoms with Crippen molar-refractivity contribution in [3.05, 3.63) is 54.6 Å². The molecule has 2 aromatic carbocycles. The Hall–Kier alpha value is -2.07. The zero-order valence-corrected chi connectivity index (χ0v) is 11.5. The maximum absolute atomic E-state index is 12.3. The second-order valence-corrected chi connectivity index (χ2v) is 6.06. The molecule has 0 unspecified atom stereocenters. The Kier molecular flexibility index (Phi) is 2.63. The first-order valence-electron chi connectivity index (χ1n) is 6.55. The molecule has 3 nitrogen and oxygen atoms in total. The Labute approximate surface area is 121 Å². The van der Waals surface area contributed by atoms with E-state index in [9.17, 15) is 4.79 Å². The summed E-state index contributed by atoms with van der Waals surface area (Å²) in [5.41, 5.74) is 1.86. The minimum absolute atomic E-state index is 0.125. The van der Waals surface area contributed by atoms with Crippen LogP contribution in [0.4, 0.5) is 11.4 Å². The van der Waals surface area contributed by atoms with Crippen LogP contribution in [0, 0.1) is 0 Å². The summed E-state index contributed by atoms with van der Waals surface area (Å²) in [6.07, 6.45) is 0.521. The van der Waals surface area contributed by atoms with Gasteiger partial charge in [-0.1, -0.05) is 30.3 Å². The third-order valence-electron chi connectivity index (χ3n) is 3.51. The van der Waals surface area contributed by atoms with E-state index in [1.165, 1.54) is 0 Å². The number of benzene rings is 2. The summed E-state index contributed by atoms with van der Waals surface area (Å²) in [6, 6.07) is 17.8. The molecule has 0 spiro atoms. The number of thioether (sulfide) groups is 1. The van der Waals surface area contributed by atoms with Crippen molar-refractivity contribution in [2.75, 3.05) is 4.90 Å². The first kappa shape index (κ1) is 11.7. The number of para-hydroxylation sites is 2. The van der Waals surface area contributed by atoms with Gasteiger partial charge in [0.15, 0.2) is 0 Å². The van der Waals surface area contributed by atoms with E-state index in [-0.39, 0.29) is 11.2 Å². The van der Waals surface area contributed by atoms with E-state index in [0.717, 1.165) is 22.1 Å². The van der Waals surface area contributed by atoms with Crippen molar-refractivity contribution in [2.24, 2.45) is 4.99 Å². The summed E-state index contributed by atoms with van der Waals surface area (Å²) in [5, 5.41) is 0.137. The summed E-state index contributed by atoms with van der Waals surface area (Å²) in [4.78, 5) is 20.0. The Bertz CT molecular complexity index is 711. The van der Waals surface area contributed by atoms with Crippen LogP contribution in [0.5, 0.6) is 0 Å². The van der Waals surface area contributed by atoms with Gasteiger partial charge in [-0.25, -0.2) is 4.99 Å². The van der Waals surface area contributed by atoms with Crippen LogP contribution in [0.1, 0.15) is 6.42 Å². The molecule has 0 bridgehead atoms. The summed E-state index contributed by atoms with van der Waals surface area (Å²) in [5.74, 6) is 0.991. The van der Waals surface area contributed by atoms with Gasteiger partial charge in [0, 0.05) is 11.3 Å². The Morgan fingerprint density at radius 1 is 1.05 bits per heavy atom.